The molecule has 18 heavy (non-hydrogen) atoms. The quantitative estimate of drug-likeness (QED) is 0.393. The minimum absolute atomic E-state index is 0.0324. The molecular weight excluding hydrogens is 254 g/mol. The van der Waals surface area contributed by atoms with Gasteiger partial charge in [-0.3, -0.25) is 0 Å². The van der Waals surface area contributed by atoms with Crippen LogP contribution < -0.4 is 20.5 Å². The number of aliphatic hydroxyl groups is 1. The molecule has 0 heterocycles. The van der Waals surface area contributed by atoms with Crippen LogP contribution in [0, 0.1) is 0 Å². The number of ether oxygens (including phenoxy) is 1. The zero-order valence-corrected chi connectivity index (χ0v) is 11.1. The van der Waals surface area contributed by atoms with E-state index in [1.54, 1.807) is 24.5 Å². The molecule has 0 spiro atoms. The second kappa shape index (κ2) is 7.91. The fourth-order valence-electron chi connectivity index (χ4n) is 1.35. The van der Waals surface area contributed by atoms with Crippen LogP contribution in [-0.2, 0) is 11.0 Å². The van der Waals surface area contributed by atoms with Gasteiger partial charge in [-0.05, 0) is 18.2 Å². The van der Waals surface area contributed by atoms with Crippen molar-refractivity contribution in [2.24, 2.45) is 0 Å². The van der Waals surface area contributed by atoms with Crippen molar-refractivity contribution in [1.82, 2.24) is 4.72 Å². The lowest BCUT2D eigenvalue weighted by Crippen LogP contribution is -2.22. The van der Waals surface area contributed by atoms with E-state index in [1.807, 2.05) is 0 Å². The number of rotatable bonds is 8. The van der Waals surface area contributed by atoms with E-state index in [0.717, 1.165) is 5.69 Å². The molecule has 0 fully saturated rings. The Hall–Kier alpha value is -1.31. The van der Waals surface area contributed by atoms with Gasteiger partial charge in [0.05, 0.1) is 23.3 Å². The molecule has 1 aromatic carbocycles. The number of hydrogen-bond acceptors (Lipinski definition) is 5. The van der Waals surface area contributed by atoms with Gasteiger partial charge in [0.2, 0.25) is 0 Å². The van der Waals surface area contributed by atoms with Crippen LogP contribution in [0.15, 0.2) is 18.2 Å². The van der Waals surface area contributed by atoms with E-state index in [4.69, 9.17) is 15.6 Å². The molecule has 7 heteroatoms. The maximum absolute atomic E-state index is 10.8. The topological polar surface area (TPSA) is 96.6 Å². The second-order valence-corrected chi connectivity index (χ2v) is 4.80. The largest absolute Gasteiger partial charge is 0.490 e. The maximum Gasteiger partial charge on any atom is 0.142 e. The Bertz CT molecular complexity index is 401. The molecule has 0 aliphatic carbocycles. The number of nitrogens with two attached hydrogens (primary N) is 1. The number of nitrogen functional groups attached to an aromatic ring is 1. The van der Waals surface area contributed by atoms with Gasteiger partial charge in [-0.2, -0.15) is 0 Å². The van der Waals surface area contributed by atoms with Crippen molar-refractivity contribution in [3.63, 3.8) is 0 Å². The van der Waals surface area contributed by atoms with Gasteiger partial charge in [-0.25, -0.2) is 8.93 Å². The Kier molecular flexibility index (Phi) is 6.48. The molecular formula is C11H19N3O3S. The third-order valence-corrected chi connectivity index (χ3v) is 2.71. The zero-order chi connectivity index (χ0) is 13.4. The van der Waals surface area contributed by atoms with Gasteiger partial charge >= 0.3 is 0 Å². The molecule has 0 bridgehead atoms. The Labute approximate surface area is 109 Å². The summed E-state index contributed by atoms with van der Waals surface area (Å²) in [5.41, 5.74) is 7.04. The molecule has 1 aromatic rings. The summed E-state index contributed by atoms with van der Waals surface area (Å²) in [5, 5.41) is 11.8. The summed E-state index contributed by atoms with van der Waals surface area (Å²) >= 11 is 0. The molecule has 0 aliphatic heterocycles. The molecule has 0 amide bonds. The van der Waals surface area contributed by atoms with Crippen molar-refractivity contribution < 1.29 is 14.1 Å². The Balaban J connectivity index is 2.54. The van der Waals surface area contributed by atoms with Crippen molar-refractivity contribution in [3.05, 3.63) is 18.2 Å². The maximum atomic E-state index is 10.8. The predicted octanol–water partition coefficient (Wildman–Crippen LogP) is -0.0651. The van der Waals surface area contributed by atoms with Gasteiger partial charge in [-0.15, -0.1) is 0 Å². The second-order valence-electron chi connectivity index (χ2n) is 3.60. The molecule has 1 unspecified atom stereocenters. The first-order chi connectivity index (χ1) is 8.63. The summed E-state index contributed by atoms with van der Waals surface area (Å²) in [6.07, 6.45) is 1.57. The molecule has 0 aliphatic rings. The first-order valence-electron chi connectivity index (χ1n) is 5.57. The van der Waals surface area contributed by atoms with E-state index in [2.05, 4.69) is 10.0 Å². The molecule has 0 saturated carbocycles. The van der Waals surface area contributed by atoms with Crippen molar-refractivity contribution in [1.29, 1.82) is 0 Å². The van der Waals surface area contributed by atoms with Crippen molar-refractivity contribution in [3.8, 4) is 5.75 Å². The fraction of sp³-hybridized carbons (Fsp3) is 0.455. The van der Waals surface area contributed by atoms with Gasteiger partial charge in [0.1, 0.15) is 12.4 Å². The van der Waals surface area contributed by atoms with Gasteiger partial charge in [-0.1, -0.05) is 0 Å². The van der Waals surface area contributed by atoms with Crippen LogP contribution in [0.2, 0.25) is 0 Å². The molecule has 102 valence electrons. The third-order valence-electron chi connectivity index (χ3n) is 2.10. The van der Waals surface area contributed by atoms with E-state index in [-0.39, 0.29) is 6.61 Å². The highest BCUT2D eigenvalue weighted by Crippen LogP contribution is 2.26. The minimum Gasteiger partial charge on any atom is -0.490 e. The lowest BCUT2D eigenvalue weighted by atomic mass is 10.2. The lowest BCUT2D eigenvalue weighted by molar-refractivity contribution is 0.309. The zero-order valence-electron chi connectivity index (χ0n) is 10.3. The monoisotopic (exact) mass is 273 g/mol. The Morgan fingerprint density at radius 1 is 1.44 bits per heavy atom. The average Bonchev–Trinajstić information content (AvgIpc) is 2.33. The Morgan fingerprint density at radius 2 is 2.22 bits per heavy atom. The summed E-state index contributed by atoms with van der Waals surface area (Å²) in [7, 11) is -1.04. The number of anilines is 2. The molecule has 1 atom stereocenters. The third kappa shape index (κ3) is 5.35. The molecule has 1 rings (SSSR count). The summed E-state index contributed by atoms with van der Waals surface area (Å²) in [5.74, 6) is 0.654. The van der Waals surface area contributed by atoms with Crippen LogP contribution >= 0.6 is 0 Å². The summed E-state index contributed by atoms with van der Waals surface area (Å²) in [4.78, 5) is 0. The van der Waals surface area contributed by atoms with Crippen LogP contribution in [0.5, 0.6) is 5.75 Å². The first-order valence-corrected chi connectivity index (χ1v) is 7.13. The smallest absolute Gasteiger partial charge is 0.142 e. The number of nitrogens with one attached hydrogen (secondary N) is 2. The van der Waals surface area contributed by atoms with E-state index in [9.17, 15) is 4.21 Å². The van der Waals surface area contributed by atoms with E-state index >= 15 is 0 Å². The van der Waals surface area contributed by atoms with Gasteiger partial charge in [0.25, 0.3) is 0 Å². The summed E-state index contributed by atoms with van der Waals surface area (Å²) in [6.45, 7) is 1.35. The van der Waals surface area contributed by atoms with Crippen LogP contribution in [0.25, 0.3) is 0 Å². The summed E-state index contributed by atoms with van der Waals surface area (Å²) < 4.78 is 19.1. The predicted molar refractivity (Wildman–Crippen MR) is 74.0 cm³/mol. The minimum atomic E-state index is -1.04. The number of aliphatic hydroxyl groups excluding tert-OH is 1. The molecule has 0 aromatic heterocycles. The highest BCUT2D eigenvalue weighted by molar-refractivity contribution is 7.82. The van der Waals surface area contributed by atoms with Crippen LogP contribution in [0.1, 0.15) is 0 Å². The van der Waals surface area contributed by atoms with Crippen LogP contribution in [0.4, 0.5) is 11.4 Å². The average molecular weight is 273 g/mol. The molecule has 0 radical (unpaired) electrons. The normalized spacial score (nSPS) is 12.1. The van der Waals surface area contributed by atoms with E-state index in [1.165, 1.54) is 0 Å². The van der Waals surface area contributed by atoms with Crippen molar-refractivity contribution in [2.75, 3.05) is 43.6 Å². The van der Waals surface area contributed by atoms with Crippen LogP contribution in [0.3, 0.4) is 0 Å². The standard InChI is InChI=1S/C11H19N3O3S/c1-18(16)14-5-7-17-11-3-2-9(12)8-10(11)13-4-6-15/h2-3,8,13-15H,4-7,12H2,1H3. The number of hydrogen-bond donors (Lipinski definition) is 4. The fourth-order valence-corrected chi connectivity index (χ4v) is 1.72. The molecule has 6 nitrogen and oxygen atoms in total. The van der Waals surface area contributed by atoms with Crippen LogP contribution in [-0.4, -0.2) is 41.9 Å². The van der Waals surface area contributed by atoms with Crippen molar-refractivity contribution >= 4 is 22.4 Å². The summed E-state index contributed by atoms with van der Waals surface area (Å²) in [6, 6.07) is 5.25. The van der Waals surface area contributed by atoms with Gasteiger partial charge in [0, 0.05) is 25.0 Å². The molecule has 5 N–H and O–H groups in total. The Morgan fingerprint density at radius 3 is 2.89 bits per heavy atom. The highest BCUT2D eigenvalue weighted by Gasteiger charge is 2.04. The van der Waals surface area contributed by atoms with E-state index in [0.29, 0.717) is 31.1 Å². The molecule has 0 saturated heterocycles. The van der Waals surface area contributed by atoms with Crippen molar-refractivity contribution in [2.45, 2.75) is 0 Å². The highest BCUT2D eigenvalue weighted by atomic mass is 32.2. The van der Waals surface area contributed by atoms with Gasteiger partial charge in [0.15, 0.2) is 0 Å². The SMILES string of the molecule is CS(=O)NCCOc1ccc(N)cc1NCCO. The van der Waals surface area contributed by atoms with Gasteiger partial charge < -0.3 is 20.9 Å². The lowest BCUT2D eigenvalue weighted by Gasteiger charge is -2.13. The first kappa shape index (κ1) is 14.7. The number of benzene rings is 1. The van der Waals surface area contributed by atoms with E-state index < -0.39 is 11.0 Å².